The lowest BCUT2D eigenvalue weighted by molar-refractivity contribution is 0.122. The number of likely N-dealkylation sites (N-methyl/N-ethyl adjacent to an activating group) is 2. The molecule has 4 nitrogen and oxygen atoms in total. The number of anilines is 1. The third kappa shape index (κ3) is 3.82. The lowest BCUT2D eigenvalue weighted by Crippen LogP contribution is -2.52. The van der Waals surface area contributed by atoms with Crippen LogP contribution in [0.5, 0.6) is 0 Å². The smallest absolute Gasteiger partial charge is 0.106 e. The average Bonchev–Trinajstić information content (AvgIpc) is 2.39. The minimum Gasteiger partial charge on any atom is -0.389 e. The lowest BCUT2D eigenvalue weighted by Gasteiger charge is -2.38. The van der Waals surface area contributed by atoms with E-state index in [2.05, 4.69) is 29.2 Å². The second-order valence-electron chi connectivity index (χ2n) is 5.33. The zero-order chi connectivity index (χ0) is 14.7. The van der Waals surface area contributed by atoms with Gasteiger partial charge in [0.25, 0.3) is 0 Å². The van der Waals surface area contributed by atoms with Crippen LogP contribution in [0.3, 0.4) is 0 Å². The predicted molar refractivity (Wildman–Crippen MR) is 89.7 cm³/mol. The molecular weight excluding hydrogens is 292 g/mol. The molecular formula is C14H21ClN4S. The number of nitrogens with zero attached hydrogens (tertiary/aromatic N) is 2. The molecule has 6 heteroatoms. The zero-order valence-electron chi connectivity index (χ0n) is 11.9. The van der Waals surface area contributed by atoms with Crippen molar-refractivity contribution >= 4 is 34.5 Å². The molecule has 1 aromatic rings. The van der Waals surface area contributed by atoms with Crippen LogP contribution in [0.1, 0.15) is 5.56 Å². The van der Waals surface area contributed by atoms with Gasteiger partial charge in [0.2, 0.25) is 0 Å². The Hall–Kier alpha value is -0.880. The van der Waals surface area contributed by atoms with E-state index in [1.165, 1.54) is 0 Å². The second kappa shape index (κ2) is 6.72. The highest BCUT2D eigenvalue weighted by Gasteiger charge is 2.22. The van der Waals surface area contributed by atoms with Crippen LogP contribution in [0, 0.1) is 0 Å². The minimum atomic E-state index is 0.387. The molecule has 1 unspecified atom stereocenters. The van der Waals surface area contributed by atoms with E-state index in [9.17, 15) is 0 Å². The summed E-state index contributed by atoms with van der Waals surface area (Å²) in [5.41, 5.74) is 7.51. The van der Waals surface area contributed by atoms with Crippen molar-refractivity contribution in [3.8, 4) is 0 Å². The number of piperazine rings is 1. The number of hydrogen-bond acceptors (Lipinski definition) is 4. The number of rotatable bonds is 4. The Balaban J connectivity index is 2.06. The highest BCUT2D eigenvalue weighted by molar-refractivity contribution is 7.80. The summed E-state index contributed by atoms with van der Waals surface area (Å²) in [6.07, 6.45) is 0. The van der Waals surface area contributed by atoms with Gasteiger partial charge in [-0.1, -0.05) is 23.8 Å². The van der Waals surface area contributed by atoms with Crippen molar-refractivity contribution in [3.63, 3.8) is 0 Å². The number of nitrogens with two attached hydrogens (primary N) is 1. The third-order valence-electron chi connectivity index (χ3n) is 3.76. The van der Waals surface area contributed by atoms with Gasteiger partial charge in [-0.15, -0.1) is 0 Å². The highest BCUT2D eigenvalue weighted by atomic mass is 35.5. The lowest BCUT2D eigenvalue weighted by atomic mass is 10.1. The fraction of sp³-hybridized carbons (Fsp3) is 0.500. The van der Waals surface area contributed by atoms with Crippen LogP contribution in [0.2, 0.25) is 5.02 Å². The third-order valence-corrected chi connectivity index (χ3v) is 4.21. The zero-order valence-corrected chi connectivity index (χ0v) is 13.5. The van der Waals surface area contributed by atoms with E-state index in [4.69, 9.17) is 29.6 Å². The molecule has 1 saturated heterocycles. The molecule has 0 radical (unpaired) electrons. The molecule has 0 bridgehead atoms. The molecule has 0 saturated carbocycles. The molecule has 2 rings (SSSR count). The Labute approximate surface area is 130 Å². The van der Waals surface area contributed by atoms with Gasteiger partial charge in [-0.25, -0.2) is 0 Å². The maximum atomic E-state index is 6.05. The number of hydrogen-bond donors (Lipinski definition) is 2. The first-order valence-corrected chi connectivity index (χ1v) is 7.48. The van der Waals surface area contributed by atoms with Gasteiger partial charge in [0, 0.05) is 48.5 Å². The quantitative estimate of drug-likeness (QED) is 0.828. The number of benzene rings is 1. The molecule has 0 amide bonds. The van der Waals surface area contributed by atoms with Crippen molar-refractivity contribution in [2.75, 3.05) is 45.6 Å². The Morgan fingerprint density at radius 2 is 2.20 bits per heavy atom. The standard InChI is InChI=1S/C14H21ClN4S/c1-18-5-6-19(2)11(9-18)8-17-13-7-10(15)3-4-12(13)14(16)20/h3-4,7,11,17H,5-6,8-9H2,1-2H3,(H2,16,20). The first-order valence-electron chi connectivity index (χ1n) is 6.69. The number of nitrogens with one attached hydrogen (secondary N) is 1. The van der Waals surface area contributed by atoms with Crippen molar-refractivity contribution in [2.45, 2.75) is 6.04 Å². The second-order valence-corrected chi connectivity index (χ2v) is 6.21. The van der Waals surface area contributed by atoms with Gasteiger partial charge in [-0.05, 0) is 32.3 Å². The Kier molecular flexibility index (Phi) is 5.21. The van der Waals surface area contributed by atoms with Crippen LogP contribution in [0.4, 0.5) is 5.69 Å². The molecule has 0 aliphatic carbocycles. The van der Waals surface area contributed by atoms with Gasteiger partial charge >= 0.3 is 0 Å². The molecule has 0 spiro atoms. The van der Waals surface area contributed by atoms with E-state index >= 15 is 0 Å². The summed E-state index contributed by atoms with van der Waals surface area (Å²) in [5.74, 6) is 0. The first-order chi connectivity index (χ1) is 9.47. The van der Waals surface area contributed by atoms with Crippen LogP contribution < -0.4 is 11.1 Å². The van der Waals surface area contributed by atoms with Crippen molar-refractivity contribution in [2.24, 2.45) is 5.73 Å². The van der Waals surface area contributed by atoms with E-state index in [0.717, 1.165) is 37.4 Å². The largest absolute Gasteiger partial charge is 0.389 e. The number of thiocarbonyl (C=S) groups is 1. The van der Waals surface area contributed by atoms with Gasteiger partial charge in [-0.2, -0.15) is 0 Å². The summed E-state index contributed by atoms with van der Waals surface area (Å²) < 4.78 is 0. The van der Waals surface area contributed by atoms with E-state index in [-0.39, 0.29) is 0 Å². The van der Waals surface area contributed by atoms with Gasteiger partial charge in [0.05, 0.1) is 0 Å². The van der Waals surface area contributed by atoms with Crippen LogP contribution in [0.15, 0.2) is 18.2 Å². The monoisotopic (exact) mass is 312 g/mol. The fourth-order valence-electron chi connectivity index (χ4n) is 2.43. The highest BCUT2D eigenvalue weighted by Crippen LogP contribution is 2.21. The maximum Gasteiger partial charge on any atom is 0.106 e. The van der Waals surface area contributed by atoms with Crippen LogP contribution in [-0.4, -0.2) is 61.1 Å². The molecule has 3 N–H and O–H groups in total. The molecule has 0 aromatic heterocycles. The van der Waals surface area contributed by atoms with Gasteiger partial charge < -0.3 is 16.0 Å². The summed E-state index contributed by atoms with van der Waals surface area (Å²) >= 11 is 11.1. The van der Waals surface area contributed by atoms with Gasteiger partial charge in [0.15, 0.2) is 0 Å². The molecule has 20 heavy (non-hydrogen) atoms. The Morgan fingerprint density at radius 3 is 2.90 bits per heavy atom. The summed E-state index contributed by atoms with van der Waals surface area (Å²) in [6, 6.07) is 6.01. The average molecular weight is 313 g/mol. The summed E-state index contributed by atoms with van der Waals surface area (Å²) in [7, 11) is 4.31. The van der Waals surface area contributed by atoms with Crippen molar-refractivity contribution in [3.05, 3.63) is 28.8 Å². The predicted octanol–water partition coefficient (Wildman–Crippen LogP) is 1.63. The molecule has 110 valence electrons. The van der Waals surface area contributed by atoms with E-state index < -0.39 is 0 Å². The molecule has 1 atom stereocenters. The maximum absolute atomic E-state index is 6.05. The molecule has 1 aliphatic heterocycles. The van der Waals surface area contributed by atoms with Crippen LogP contribution in [-0.2, 0) is 0 Å². The fourth-order valence-corrected chi connectivity index (χ4v) is 2.78. The van der Waals surface area contributed by atoms with Crippen molar-refractivity contribution in [1.82, 2.24) is 9.80 Å². The Morgan fingerprint density at radius 1 is 1.45 bits per heavy atom. The van der Waals surface area contributed by atoms with Gasteiger partial charge in [0.1, 0.15) is 4.99 Å². The molecule has 1 fully saturated rings. The molecule has 1 heterocycles. The minimum absolute atomic E-state index is 0.387. The molecule has 1 aromatic carbocycles. The molecule has 1 aliphatic rings. The van der Waals surface area contributed by atoms with E-state index in [1.54, 1.807) is 0 Å². The van der Waals surface area contributed by atoms with Crippen molar-refractivity contribution < 1.29 is 0 Å². The SMILES string of the molecule is CN1CCN(C)C(CNc2cc(Cl)ccc2C(N)=S)C1. The van der Waals surface area contributed by atoms with Crippen molar-refractivity contribution in [1.29, 1.82) is 0 Å². The summed E-state index contributed by atoms with van der Waals surface area (Å²) in [5, 5.41) is 4.12. The van der Waals surface area contributed by atoms with Gasteiger partial charge in [-0.3, -0.25) is 4.90 Å². The summed E-state index contributed by atoms with van der Waals surface area (Å²) in [4.78, 5) is 5.11. The Bertz CT molecular complexity index is 494. The topological polar surface area (TPSA) is 44.5 Å². The normalized spacial score (nSPS) is 20.9. The summed E-state index contributed by atoms with van der Waals surface area (Å²) in [6.45, 7) is 4.09. The van der Waals surface area contributed by atoms with Crippen LogP contribution >= 0.6 is 23.8 Å². The van der Waals surface area contributed by atoms with E-state index in [1.807, 2.05) is 18.2 Å². The number of halogens is 1. The van der Waals surface area contributed by atoms with E-state index in [0.29, 0.717) is 16.1 Å². The first kappa shape index (κ1) is 15.5. The van der Waals surface area contributed by atoms with Crippen LogP contribution in [0.25, 0.3) is 0 Å².